The molecular formula is C10H14N4O. The Morgan fingerprint density at radius 1 is 1.33 bits per heavy atom. The van der Waals surface area contributed by atoms with Gasteiger partial charge in [0.1, 0.15) is 0 Å². The van der Waals surface area contributed by atoms with Crippen LogP contribution in [0.4, 0.5) is 0 Å². The second-order valence-electron chi connectivity index (χ2n) is 3.78. The molecule has 0 atom stereocenters. The molecule has 0 bridgehead atoms. The van der Waals surface area contributed by atoms with Crippen LogP contribution >= 0.6 is 0 Å². The molecule has 80 valence electrons. The molecule has 0 aliphatic carbocycles. The molecular weight excluding hydrogens is 192 g/mol. The summed E-state index contributed by atoms with van der Waals surface area (Å²) in [5, 5.41) is 7.21. The second-order valence-corrected chi connectivity index (χ2v) is 3.78. The molecule has 0 unspecified atom stereocenters. The summed E-state index contributed by atoms with van der Waals surface area (Å²) >= 11 is 0. The number of H-pyrrole nitrogens is 1. The lowest BCUT2D eigenvalue weighted by atomic mass is 10.1. The normalized spacial score (nSPS) is 10.9. The Kier molecular flexibility index (Phi) is 2.03. The molecule has 0 fully saturated rings. The van der Waals surface area contributed by atoms with E-state index in [0.717, 1.165) is 17.0 Å². The molecule has 0 saturated heterocycles. The summed E-state index contributed by atoms with van der Waals surface area (Å²) < 4.78 is 3.20. The van der Waals surface area contributed by atoms with Crippen LogP contribution in [0.3, 0.4) is 0 Å². The predicted octanol–water partition coefficient (Wildman–Crippen LogP) is 0.731. The highest BCUT2D eigenvalue weighted by Crippen LogP contribution is 2.20. The Hall–Kier alpha value is -1.78. The Balaban J connectivity index is 2.74. The largest absolute Gasteiger partial charge is 0.300 e. The van der Waals surface area contributed by atoms with Crippen LogP contribution in [-0.4, -0.2) is 19.6 Å². The molecule has 2 aromatic heterocycles. The minimum Gasteiger partial charge on any atom is -0.300 e. The zero-order valence-electron chi connectivity index (χ0n) is 9.33. The number of aromatic amines is 1. The van der Waals surface area contributed by atoms with Gasteiger partial charge < -0.3 is 0 Å². The Morgan fingerprint density at radius 2 is 2.00 bits per heavy atom. The summed E-state index contributed by atoms with van der Waals surface area (Å²) in [5.41, 5.74) is 3.35. The standard InChI is InChI=1S/C10H14N4O/c1-6-8(5-13(3)11-6)9-7(2)12-14(4)10(9)15/h5,12H,1-4H3. The maximum atomic E-state index is 11.8. The molecule has 0 radical (unpaired) electrons. The third kappa shape index (κ3) is 1.40. The molecule has 2 rings (SSSR count). The molecule has 2 aromatic rings. The van der Waals surface area contributed by atoms with Gasteiger partial charge in [0, 0.05) is 31.5 Å². The first-order valence-electron chi connectivity index (χ1n) is 4.77. The number of nitrogens with zero attached hydrogens (tertiary/aromatic N) is 3. The van der Waals surface area contributed by atoms with E-state index in [4.69, 9.17) is 0 Å². The average molecular weight is 206 g/mol. The van der Waals surface area contributed by atoms with Crippen molar-refractivity contribution >= 4 is 0 Å². The third-order valence-corrected chi connectivity index (χ3v) is 2.51. The summed E-state index contributed by atoms with van der Waals surface area (Å²) in [6.07, 6.45) is 1.87. The van der Waals surface area contributed by atoms with Gasteiger partial charge in [-0.1, -0.05) is 0 Å². The molecule has 0 saturated carbocycles. The number of hydrogen-bond acceptors (Lipinski definition) is 2. The quantitative estimate of drug-likeness (QED) is 0.747. The Bertz CT molecular complexity index is 558. The number of rotatable bonds is 1. The summed E-state index contributed by atoms with van der Waals surface area (Å²) in [5.74, 6) is 0. The fourth-order valence-corrected chi connectivity index (χ4v) is 1.85. The van der Waals surface area contributed by atoms with Crippen molar-refractivity contribution in [3.63, 3.8) is 0 Å². The van der Waals surface area contributed by atoms with Crippen molar-refractivity contribution in [2.75, 3.05) is 0 Å². The zero-order chi connectivity index (χ0) is 11.2. The molecule has 0 aliphatic rings. The van der Waals surface area contributed by atoms with Crippen LogP contribution in [0.15, 0.2) is 11.0 Å². The molecule has 0 spiro atoms. The molecule has 0 aromatic carbocycles. The van der Waals surface area contributed by atoms with Crippen molar-refractivity contribution in [1.82, 2.24) is 19.6 Å². The van der Waals surface area contributed by atoms with E-state index in [1.807, 2.05) is 27.1 Å². The summed E-state index contributed by atoms with van der Waals surface area (Å²) in [7, 11) is 3.56. The molecule has 0 amide bonds. The smallest absolute Gasteiger partial charge is 0.274 e. The van der Waals surface area contributed by atoms with E-state index in [-0.39, 0.29) is 5.56 Å². The fourth-order valence-electron chi connectivity index (χ4n) is 1.85. The van der Waals surface area contributed by atoms with Crippen LogP contribution in [0, 0.1) is 13.8 Å². The lowest BCUT2D eigenvalue weighted by Crippen LogP contribution is -2.13. The highest BCUT2D eigenvalue weighted by Gasteiger charge is 2.15. The highest BCUT2D eigenvalue weighted by atomic mass is 16.1. The van der Waals surface area contributed by atoms with Crippen molar-refractivity contribution < 1.29 is 0 Å². The van der Waals surface area contributed by atoms with Gasteiger partial charge in [-0.2, -0.15) is 5.10 Å². The van der Waals surface area contributed by atoms with Crippen LogP contribution < -0.4 is 5.56 Å². The van der Waals surface area contributed by atoms with E-state index in [2.05, 4.69) is 10.2 Å². The lowest BCUT2D eigenvalue weighted by molar-refractivity contribution is 0.731. The van der Waals surface area contributed by atoms with Gasteiger partial charge in [0.05, 0.1) is 11.3 Å². The number of aryl methyl sites for hydroxylation is 4. The van der Waals surface area contributed by atoms with E-state index >= 15 is 0 Å². The van der Waals surface area contributed by atoms with Gasteiger partial charge in [-0.3, -0.25) is 19.3 Å². The maximum Gasteiger partial charge on any atom is 0.274 e. The lowest BCUT2D eigenvalue weighted by Gasteiger charge is -1.93. The van der Waals surface area contributed by atoms with Crippen LogP contribution in [0.5, 0.6) is 0 Å². The van der Waals surface area contributed by atoms with Crippen LogP contribution in [0.2, 0.25) is 0 Å². The Labute approximate surface area is 87.3 Å². The first-order chi connectivity index (χ1) is 7.00. The van der Waals surface area contributed by atoms with Crippen molar-refractivity contribution in [1.29, 1.82) is 0 Å². The monoisotopic (exact) mass is 206 g/mol. The van der Waals surface area contributed by atoms with Crippen LogP contribution in [-0.2, 0) is 14.1 Å². The minimum absolute atomic E-state index is 0.0106. The zero-order valence-corrected chi connectivity index (χ0v) is 9.33. The van der Waals surface area contributed by atoms with Gasteiger partial charge in [-0.15, -0.1) is 0 Å². The van der Waals surface area contributed by atoms with Crippen molar-refractivity contribution in [3.8, 4) is 11.1 Å². The molecule has 1 N–H and O–H groups in total. The second kappa shape index (κ2) is 3.12. The topological polar surface area (TPSA) is 55.6 Å². The van der Waals surface area contributed by atoms with Gasteiger partial charge >= 0.3 is 0 Å². The van der Waals surface area contributed by atoms with Gasteiger partial charge in [-0.05, 0) is 13.8 Å². The van der Waals surface area contributed by atoms with E-state index in [9.17, 15) is 4.79 Å². The van der Waals surface area contributed by atoms with E-state index in [1.165, 1.54) is 4.68 Å². The fraction of sp³-hybridized carbons (Fsp3) is 0.400. The summed E-state index contributed by atoms with van der Waals surface area (Å²) in [6.45, 7) is 3.80. The molecule has 0 aliphatic heterocycles. The minimum atomic E-state index is -0.0106. The molecule has 5 nitrogen and oxygen atoms in total. The number of aromatic nitrogens is 4. The number of nitrogens with one attached hydrogen (secondary N) is 1. The molecule has 2 heterocycles. The summed E-state index contributed by atoms with van der Waals surface area (Å²) in [6, 6.07) is 0. The highest BCUT2D eigenvalue weighted by molar-refractivity contribution is 5.66. The first kappa shape index (κ1) is 9.76. The first-order valence-corrected chi connectivity index (χ1v) is 4.77. The van der Waals surface area contributed by atoms with E-state index in [1.54, 1.807) is 11.7 Å². The van der Waals surface area contributed by atoms with E-state index < -0.39 is 0 Å². The van der Waals surface area contributed by atoms with Crippen molar-refractivity contribution in [2.45, 2.75) is 13.8 Å². The van der Waals surface area contributed by atoms with Gasteiger partial charge in [0.2, 0.25) is 0 Å². The maximum absolute atomic E-state index is 11.8. The van der Waals surface area contributed by atoms with E-state index in [0.29, 0.717) is 5.56 Å². The molecule has 15 heavy (non-hydrogen) atoms. The van der Waals surface area contributed by atoms with Crippen molar-refractivity contribution in [2.24, 2.45) is 14.1 Å². The van der Waals surface area contributed by atoms with Gasteiger partial charge in [0.15, 0.2) is 0 Å². The number of hydrogen-bond donors (Lipinski definition) is 1. The van der Waals surface area contributed by atoms with Gasteiger partial charge in [-0.25, -0.2) is 0 Å². The predicted molar refractivity (Wildman–Crippen MR) is 57.7 cm³/mol. The SMILES string of the molecule is Cc1nn(C)cc1-c1c(C)[nH]n(C)c1=O. The summed E-state index contributed by atoms with van der Waals surface area (Å²) in [4.78, 5) is 11.8. The van der Waals surface area contributed by atoms with Crippen molar-refractivity contribution in [3.05, 3.63) is 27.9 Å². The molecule has 5 heteroatoms. The third-order valence-electron chi connectivity index (χ3n) is 2.51. The van der Waals surface area contributed by atoms with Crippen LogP contribution in [0.25, 0.3) is 11.1 Å². The Morgan fingerprint density at radius 3 is 2.40 bits per heavy atom. The average Bonchev–Trinajstić information content (AvgIpc) is 2.56. The van der Waals surface area contributed by atoms with Crippen LogP contribution in [0.1, 0.15) is 11.4 Å². The van der Waals surface area contributed by atoms with Gasteiger partial charge in [0.25, 0.3) is 5.56 Å².